The maximum atomic E-state index is 11.2. The fourth-order valence-corrected chi connectivity index (χ4v) is 1.64. The van der Waals surface area contributed by atoms with Gasteiger partial charge < -0.3 is 15.2 Å². The number of carboxylic acids is 1. The van der Waals surface area contributed by atoms with Crippen LogP contribution in [0, 0.1) is 0 Å². The molecule has 0 heterocycles. The molecule has 0 aromatic rings. The van der Waals surface area contributed by atoms with Gasteiger partial charge in [0.2, 0.25) is 0 Å². The smallest absolute Gasteiger partial charge is 0.407 e. The number of carboxylic acid groups (broad SMARTS) is 1. The van der Waals surface area contributed by atoms with Gasteiger partial charge in [-0.3, -0.25) is 9.35 Å². The quantitative estimate of drug-likeness (QED) is 0.616. The predicted molar refractivity (Wildman–Crippen MR) is 61.8 cm³/mol. The fraction of sp³-hybridized carbons (Fsp3) is 0.778. The number of aliphatic carboxylic acids is 1. The van der Waals surface area contributed by atoms with Crippen LogP contribution < -0.4 is 5.32 Å². The van der Waals surface area contributed by atoms with Gasteiger partial charge >= 0.3 is 12.1 Å². The Morgan fingerprint density at radius 2 is 1.83 bits per heavy atom. The van der Waals surface area contributed by atoms with Crippen molar-refractivity contribution in [3.63, 3.8) is 0 Å². The van der Waals surface area contributed by atoms with Crippen LogP contribution in [0.2, 0.25) is 0 Å². The third-order valence-corrected chi connectivity index (χ3v) is 2.87. The second-order valence-electron chi connectivity index (χ2n) is 4.62. The van der Waals surface area contributed by atoms with Gasteiger partial charge in [0.05, 0.1) is 6.42 Å². The van der Waals surface area contributed by atoms with E-state index >= 15 is 0 Å². The molecule has 1 amide bonds. The zero-order valence-electron chi connectivity index (χ0n) is 10.3. The van der Waals surface area contributed by atoms with Crippen molar-refractivity contribution in [2.75, 3.05) is 6.54 Å². The number of carbonyl (C=O) groups is 2. The Labute approximate surface area is 105 Å². The molecule has 0 radical (unpaired) electrons. The van der Waals surface area contributed by atoms with Gasteiger partial charge in [0, 0.05) is 6.54 Å². The van der Waals surface area contributed by atoms with Gasteiger partial charge in [-0.15, -0.1) is 0 Å². The van der Waals surface area contributed by atoms with Crippen molar-refractivity contribution in [3.05, 3.63) is 0 Å². The van der Waals surface area contributed by atoms with E-state index in [9.17, 15) is 18.0 Å². The summed E-state index contributed by atoms with van der Waals surface area (Å²) in [5.41, 5.74) is -0.759. The lowest BCUT2D eigenvalue weighted by Gasteiger charge is -2.20. The summed E-state index contributed by atoms with van der Waals surface area (Å²) in [7, 11) is -4.55. The van der Waals surface area contributed by atoms with E-state index in [0.717, 1.165) is 0 Å². The molecule has 0 saturated carbocycles. The number of alkyl carbamates (subject to hydrolysis) is 1. The third-order valence-electron chi connectivity index (χ3n) is 1.70. The molecule has 0 aliphatic heterocycles. The molecule has 1 unspecified atom stereocenters. The van der Waals surface area contributed by atoms with E-state index in [-0.39, 0.29) is 0 Å². The lowest BCUT2D eigenvalue weighted by atomic mass is 10.2. The van der Waals surface area contributed by atoms with Gasteiger partial charge in [-0.25, -0.2) is 4.79 Å². The van der Waals surface area contributed by atoms with Crippen LogP contribution in [0.3, 0.4) is 0 Å². The lowest BCUT2D eigenvalue weighted by Crippen LogP contribution is -2.40. The second-order valence-corrected chi connectivity index (χ2v) is 6.31. The fourth-order valence-electron chi connectivity index (χ4n) is 0.989. The summed E-state index contributed by atoms with van der Waals surface area (Å²) in [5.74, 6) is -1.40. The number of hydrogen-bond acceptors (Lipinski definition) is 5. The van der Waals surface area contributed by atoms with Crippen molar-refractivity contribution < 1.29 is 32.4 Å². The van der Waals surface area contributed by atoms with Gasteiger partial charge in [0.15, 0.2) is 0 Å². The second kappa shape index (κ2) is 6.01. The molecular weight excluding hydrogens is 266 g/mol. The maximum absolute atomic E-state index is 11.2. The van der Waals surface area contributed by atoms with E-state index in [1.54, 1.807) is 20.8 Å². The number of carbonyl (C=O) groups excluding carboxylic acids is 1. The maximum Gasteiger partial charge on any atom is 0.407 e. The number of rotatable bonds is 5. The molecule has 0 aromatic heterocycles. The molecule has 0 rings (SSSR count). The first kappa shape index (κ1) is 16.6. The lowest BCUT2D eigenvalue weighted by molar-refractivity contribution is -0.137. The first-order chi connectivity index (χ1) is 7.92. The molecule has 9 heteroatoms. The molecule has 0 saturated heterocycles. The molecule has 1 atom stereocenters. The van der Waals surface area contributed by atoms with Crippen molar-refractivity contribution in [1.82, 2.24) is 5.32 Å². The molecule has 0 bridgehead atoms. The van der Waals surface area contributed by atoms with Gasteiger partial charge in [-0.1, -0.05) is 0 Å². The molecule has 8 nitrogen and oxygen atoms in total. The van der Waals surface area contributed by atoms with Crippen LogP contribution in [0.25, 0.3) is 0 Å². The number of amides is 1. The first-order valence-electron chi connectivity index (χ1n) is 5.07. The highest BCUT2D eigenvalue weighted by Gasteiger charge is 2.27. The Morgan fingerprint density at radius 1 is 1.33 bits per heavy atom. The largest absolute Gasteiger partial charge is 0.481 e. The van der Waals surface area contributed by atoms with E-state index in [1.165, 1.54) is 0 Å². The summed E-state index contributed by atoms with van der Waals surface area (Å²) in [6.07, 6.45) is -1.70. The summed E-state index contributed by atoms with van der Waals surface area (Å²) in [4.78, 5) is 21.6. The number of hydrogen-bond donors (Lipinski definition) is 3. The van der Waals surface area contributed by atoms with Crippen molar-refractivity contribution >= 4 is 22.2 Å². The van der Waals surface area contributed by atoms with E-state index in [0.29, 0.717) is 0 Å². The highest BCUT2D eigenvalue weighted by molar-refractivity contribution is 7.86. The zero-order valence-corrected chi connectivity index (χ0v) is 11.2. The van der Waals surface area contributed by atoms with Gasteiger partial charge in [0.25, 0.3) is 10.1 Å². The van der Waals surface area contributed by atoms with Crippen LogP contribution in [0.1, 0.15) is 27.2 Å². The predicted octanol–water partition coefficient (Wildman–Crippen LogP) is 0.242. The molecule has 0 aliphatic carbocycles. The summed E-state index contributed by atoms with van der Waals surface area (Å²) in [5, 5.41) is 8.96. The number of nitrogens with one attached hydrogen (secondary N) is 1. The standard InChI is InChI=1S/C9H17NO7S/c1-9(2,3)17-8(13)10-5-6(4-7(11)12)18(14,15)16/h6H,4-5H2,1-3H3,(H,10,13)(H,11,12)(H,14,15,16). The van der Waals surface area contributed by atoms with E-state index in [4.69, 9.17) is 14.4 Å². The van der Waals surface area contributed by atoms with Crippen molar-refractivity contribution in [1.29, 1.82) is 0 Å². The minimum absolute atomic E-state index is 0.542. The molecule has 18 heavy (non-hydrogen) atoms. The molecule has 0 aliphatic rings. The Hall–Kier alpha value is -1.35. The Balaban J connectivity index is 4.46. The topological polar surface area (TPSA) is 130 Å². The van der Waals surface area contributed by atoms with Crippen molar-refractivity contribution in [3.8, 4) is 0 Å². The molecule has 0 spiro atoms. The summed E-state index contributed by atoms with van der Waals surface area (Å²) >= 11 is 0. The van der Waals surface area contributed by atoms with Crippen molar-refractivity contribution in [2.45, 2.75) is 38.0 Å². The minimum atomic E-state index is -4.55. The van der Waals surface area contributed by atoms with Crippen LogP contribution in [0.15, 0.2) is 0 Å². The van der Waals surface area contributed by atoms with E-state index < -0.39 is 46.0 Å². The highest BCUT2D eigenvalue weighted by Crippen LogP contribution is 2.07. The molecule has 0 fully saturated rings. The Bertz CT molecular complexity index is 409. The Morgan fingerprint density at radius 3 is 2.17 bits per heavy atom. The van der Waals surface area contributed by atoms with Crippen molar-refractivity contribution in [2.24, 2.45) is 0 Å². The van der Waals surface area contributed by atoms with Gasteiger partial charge in [-0.2, -0.15) is 8.42 Å². The molecule has 106 valence electrons. The minimum Gasteiger partial charge on any atom is -0.481 e. The van der Waals surface area contributed by atoms with E-state index in [2.05, 4.69) is 5.32 Å². The van der Waals surface area contributed by atoms with Crippen LogP contribution in [-0.2, 0) is 19.6 Å². The highest BCUT2D eigenvalue weighted by atomic mass is 32.2. The summed E-state index contributed by atoms with van der Waals surface area (Å²) in [6.45, 7) is 4.30. The average Bonchev–Trinajstić information content (AvgIpc) is 2.06. The zero-order chi connectivity index (χ0) is 14.6. The molecule has 3 N–H and O–H groups in total. The SMILES string of the molecule is CC(C)(C)OC(=O)NCC(CC(=O)O)S(=O)(=O)O. The molecular formula is C9H17NO7S. The third kappa shape index (κ3) is 7.85. The molecule has 0 aromatic carbocycles. The first-order valence-corrected chi connectivity index (χ1v) is 6.57. The summed E-state index contributed by atoms with van der Waals surface area (Å²) < 4.78 is 35.3. The normalized spacial score (nSPS) is 13.8. The average molecular weight is 283 g/mol. The monoisotopic (exact) mass is 283 g/mol. The van der Waals surface area contributed by atoms with Gasteiger partial charge in [0.1, 0.15) is 10.9 Å². The number of ether oxygens (including phenoxy) is 1. The van der Waals surface area contributed by atoms with Crippen LogP contribution in [-0.4, -0.2) is 47.5 Å². The van der Waals surface area contributed by atoms with Crippen LogP contribution in [0.5, 0.6) is 0 Å². The Kier molecular flexibility index (Phi) is 5.55. The van der Waals surface area contributed by atoms with Crippen LogP contribution in [0.4, 0.5) is 4.79 Å². The summed E-state index contributed by atoms with van der Waals surface area (Å²) in [6, 6.07) is 0. The van der Waals surface area contributed by atoms with Gasteiger partial charge in [-0.05, 0) is 20.8 Å². The van der Waals surface area contributed by atoms with E-state index in [1.807, 2.05) is 0 Å². The van der Waals surface area contributed by atoms with Crippen LogP contribution >= 0.6 is 0 Å².